The number of carbonyl (C=O) groups excluding carboxylic acids is 3. The fourth-order valence-electron chi connectivity index (χ4n) is 9.55. The number of ketones is 1. The number of rotatable bonds is 12. The number of Topliss-reactive ketones (excluding diaryl/α,β-unsaturated/α-hetero) is 1. The van der Waals surface area contributed by atoms with Crippen LogP contribution in [0.5, 0.6) is 0 Å². The number of methoxy groups -OCH3 is 2. The lowest BCUT2D eigenvalue weighted by molar-refractivity contribution is -0.304. The zero-order valence-electron chi connectivity index (χ0n) is 37.8. The molecule has 0 radical (unpaired) electrons. The van der Waals surface area contributed by atoms with Crippen molar-refractivity contribution in [3.05, 3.63) is 0 Å². The highest BCUT2D eigenvalue weighted by molar-refractivity contribution is 5.81. The summed E-state index contributed by atoms with van der Waals surface area (Å²) in [7, 11) is 6.73. The molecule has 58 heavy (non-hydrogen) atoms. The molecular formula is C43H78N2O13. The van der Waals surface area contributed by atoms with Gasteiger partial charge >= 0.3 is 12.1 Å². The zero-order chi connectivity index (χ0) is 43.9. The Morgan fingerprint density at radius 3 is 2.17 bits per heavy atom. The summed E-state index contributed by atoms with van der Waals surface area (Å²) in [6.07, 6.45) is -5.31. The minimum absolute atomic E-state index is 0.0855. The molecule has 1 aliphatic carbocycles. The van der Waals surface area contributed by atoms with E-state index < -0.39 is 95.6 Å². The Morgan fingerprint density at radius 1 is 0.966 bits per heavy atom. The first kappa shape index (κ1) is 50.4. The van der Waals surface area contributed by atoms with Crippen LogP contribution in [0.15, 0.2) is 0 Å². The molecular weight excluding hydrogens is 752 g/mol. The number of nitrogens with one attached hydrogen (secondary N) is 1. The highest BCUT2D eigenvalue weighted by Crippen LogP contribution is 2.42. The molecule has 338 valence electrons. The second-order valence-electron chi connectivity index (χ2n) is 18.5. The van der Waals surface area contributed by atoms with Crippen molar-refractivity contribution >= 4 is 17.8 Å². The average Bonchev–Trinajstić information content (AvgIpc) is 3.14. The molecule has 0 aromatic carbocycles. The van der Waals surface area contributed by atoms with Gasteiger partial charge in [-0.25, -0.2) is 4.79 Å². The Bertz CT molecular complexity index is 1330. The van der Waals surface area contributed by atoms with Gasteiger partial charge in [-0.3, -0.25) is 9.59 Å². The molecule has 2 aliphatic heterocycles. The number of carbonyl (C=O) groups is 3. The molecule has 15 heteroatoms. The SMILES string of the molecule is CCCCNC(=O)O[C@H]1[C@H](C)C[C@@H](O[C@H]2[C@H](C)[C@@H](O[C@@H]3O[C@H](C)C[C@H](N(C)C)[C@H]3O)[C@@](C)(OC)C[C@@H](C)C(=O)C[C@@H](OC)[C@](C)(O)[C@@H](CC)OC(=O)[C@@H]2C)C[C@@]1(C)O. The fourth-order valence-corrected chi connectivity index (χ4v) is 9.55. The average molecular weight is 831 g/mol. The number of nitrogens with zero attached hydrogens (tertiary/aromatic N) is 1. The second kappa shape index (κ2) is 21.2. The normalized spacial score (nSPS) is 43.7. The molecule has 1 amide bonds. The van der Waals surface area contributed by atoms with Crippen molar-refractivity contribution in [2.75, 3.05) is 34.9 Å². The standard InChI is InChI=1S/C43H78N2O13/c1-15-17-18-44-40(49)58-36-24(3)19-29(23-41(36,8)50)55-35-27(6)37(57-39-34(47)30(45(11)12)20-26(5)54-39)42(9,53-14)22-25(4)31(46)21-33(52-13)43(10,51)32(16-2)56-38(48)28(35)7/h24-30,32-37,39,47,50-51H,15-23H2,1-14H3,(H,44,49)/t24-,25-,26-,27+,28-,29-,30+,32-,33-,34-,35+,36+,37-,39+,41-,42+,43-/m1/s1. The number of amides is 1. The van der Waals surface area contributed by atoms with Gasteiger partial charge < -0.3 is 58.7 Å². The maximum Gasteiger partial charge on any atom is 0.407 e. The molecule has 0 unspecified atom stereocenters. The van der Waals surface area contributed by atoms with Gasteiger partial charge in [0.05, 0.1) is 42.0 Å². The largest absolute Gasteiger partial charge is 0.459 e. The van der Waals surface area contributed by atoms with E-state index in [1.165, 1.54) is 21.1 Å². The van der Waals surface area contributed by atoms with Crippen molar-refractivity contribution in [3.8, 4) is 0 Å². The number of unbranched alkanes of at least 4 members (excludes halogenated alkanes) is 1. The lowest BCUT2D eigenvalue weighted by atomic mass is 9.74. The molecule has 2 heterocycles. The van der Waals surface area contributed by atoms with Crippen LogP contribution in [-0.4, -0.2) is 151 Å². The molecule has 0 spiro atoms. The lowest BCUT2D eigenvalue weighted by Crippen LogP contribution is -2.61. The van der Waals surface area contributed by atoms with Gasteiger partial charge in [-0.05, 0) is 86.7 Å². The van der Waals surface area contributed by atoms with Crippen LogP contribution in [0.1, 0.15) is 121 Å². The quantitative estimate of drug-likeness (QED) is 0.160. The topological polar surface area (TPSA) is 192 Å². The summed E-state index contributed by atoms with van der Waals surface area (Å²) >= 11 is 0. The van der Waals surface area contributed by atoms with Gasteiger partial charge in [-0.1, -0.05) is 41.0 Å². The smallest absolute Gasteiger partial charge is 0.407 e. The van der Waals surface area contributed by atoms with E-state index >= 15 is 0 Å². The summed E-state index contributed by atoms with van der Waals surface area (Å²) in [4.78, 5) is 43.0. The predicted octanol–water partition coefficient (Wildman–Crippen LogP) is 4.39. The maximum atomic E-state index is 14.4. The first-order chi connectivity index (χ1) is 27.0. The van der Waals surface area contributed by atoms with Gasteiger partial charge in [0.2, 0.25) is 0 Å². The van der Waals surface area contributed by atoms with Crippen LogP contribution in [0.3, 0.4) is 0 Å². The van der Waals surface area contributed by atoms with E-state index in [1.54, 1.807) is 27.7 Å². The van der Waals surface area contributed by atoms with E-state index in [4.69, 9.17) is 33.2 Å². The van der Waals surface area contributed by atoms with Crippen LogP contribution in [0.25, 0.3) is 0 Å². The Labute approximate surface area is 347 Å². The number of likely N-dealkylation sites (N-methyl/N-ethyl adjacent to an activating group) is 1. The van der Waals surface area contributed by atoms with E-state index in [2.05, 4.69) is 5.32 Å². The molecule has 0 bridgehead atoms. The first-order valence-corrected chi connectivity index (χ1v) is 21.5. The number of hydrogen-bond acceptors (Lipinski definition) is 14. The van der Waals surface area contributed by atoms with Gasteiger partial charge in [-0.15, -0.1) is 0 Å². The van der Waals surface area contributed by atoms with Crippen molar-refractivity contribution in [1.29, 1.82) is 0 Å². The van der Waals surface area contributed by atoms with E-state index in [1.807, 2.05) is 53.6 Å². The summed E-state index contributed by atoms with van der Waals surface area (Å²) in [5.74, 6) is -3.41. The number of esters is 1. The summed E-state index contributed by atoms with van der Waals surface area (Å²) in [6, 6.07) is -0.280. The molecule has 0 aromatic rings. The van der Waals surface area contributed by atoms with Crippen LogP contribution >= 0.6 is 0 Å². The molecule has 2 saturated heterocycles. The van der Waals surface area contributed by atoms with E-state index in [-0.39, 0.29) is 49.5 Å². The van der Waals surface area contributed by atoms with Crippen molar-refractivity contribution in [3.63, 3.8) is 0 Å². The number of hydrogen-bond donors (Lipinski definition) is 4. The van der Waals surface area contributed by atoms with Gasteiger partial charge in [-0.2, -0.15) is 0 Å². The molecule has 1 saturated carbocycles. The number of aliphatic hydroxyl groups is 3. The third kappa shape index (κ3) is 12.1. The number of ether oxygens (including phenoxy) is 7. The second-order valence-corrected chi connectivity index (χ2v) is 18.5. The van der Waals surface area contributed by atoms with Crippen molar-refractivity contribution in [1.82, 2.24) is 10.2 Å². The van der Waals surface area contributed by atoms with Gasteiger partial charge in [0.15, 0.2) is 6.29 Å². The zero-order valence-corrected chi connectivity index (χ0v) is 37.8. The summed E-state index contributed by atoms with van der Waals surface area (Å²) in [5.41, 5.74) is -4.42. The highest BCUT2D eigenvalue weighted by atomic mass is 16.7. The van der Waals surface area contributed by atoms with E-state index in [0.29, 0.717) is 19.4 Å². The monoisotopic (exact) mass is 831 g/mol. The van der Waals surface area contributed by atoms with Crippen molar-refractivity contribution in [2.45, 2.75) is 199 Å². The third-order valence-corrected chi connectivity index (χ3v) is 13.1. The van der Waals surface area contributed by atoms with Crippen LogP contribution in [0.4, 0.5) is 4.79 Å². The number of cyclic esters (lactones) is 1. The van der Waals surface area contributed by atoms with Gasteiger partial charge in [0.1, 0.15) is 35.3 Å². The summed E-state index contributed by atoms with van der Waals surface area (Å²) in [5, 5.41) is 38.1. The van der Waals surface area contributed by atoms with E-state index in [9.17, 15) is 29.7 Å². The third-order valence-electron chi connectivity index (χ3n) is 13.1. The van der Waals surface area contributed by atoms with Gasteiger partial charge in [0, 0.05) is 51.5 Å². The Morgan fingerprint density at radius 2 is 1.62 bits per heavy atom. The van der Waals surface area contributed by atoms with Crippen LogP contribution in [-0.2, 0) is 42.7 Å². The molecule has 3 aliphatic rings. The summed E-state index contributed by atoms with van der Waals surface area (Å²) in [6.45, 7) is 18.4. The molecule has 0 aromatic heterocycles. The molecule has 17 atom stereocenters. The number of aliphatic hydroxyl groups excluding tert-OH is 1. The van der Waals surface area contributed by atoms with Crippen molar-refractivity contribution < 1.29 is 62.9 Å². The lowest BCUT2D eigenvalue weighted by Gasteiger charge is -2.49. The summed E-state index contributed by atoms with van der Waals surface area (Å²) < 4.78 is 44.1. The minimum Gasteiger partial charge on any atom is -0.459 e. The Hall–Kier alpha value is -1.95. The minimum atomic E-state index is -1.72. The highest BCUT2D eigenvalue weighted by Gasteiger charge is 2.53. The van der Waals surface area contributed by atoms with Crippen molar-refractivity contribution in [2.24, 2.45) is 23.7 Å². The maximum absolute atomic E-state index is 14.4. The fraction of sp³-hybridized carbons (Fsp3) is 0.930. The van der Waals surface area contributed by atoms with Crippen LogP contribution < -0.4 is 5.32 Å². The predicted molar refractivity (Wildman–Crippen MR) is 217 cm³/mol. The van der Waals surface area contributed by atoms with Crippen LogP contribution in [0.2, 0.25) is 0 Å². The molecule has 3 fully saturated rings. The Kier molecular flexibility index (Phi) is 18.4. The van der Waals surface area contributed by atoms with E-state index in [0.717, 1.165) is 12.8 Å². The molecule has 15 nitrogen and oxygen atoms in total. The molecule has 4 N–H and O–H groups in total. The van der Waals surface area contributed by atoms with Gasteiger partial charge in [0.25, 0.3) is 0 Å². The molecule has 3 rings (SSSR count). The Balaban J connectivity index is 2.15. The first-order valence-electron chi connectivity index (χ1n) is 21.5. The van der Waals surface area contributed by atoms with Crippen LogP contribution in [0, 0.1) is 23.7 Å². The number of alkyl carbamates (subject to hydrolysis) is 1.